The summed E-state index contributed by atoms with van der Waals surface area (Å²) in [5.41, 5.74) is 0.854. The van der Waals surface area contributed by atoms with Gasteiger partial charge in [-0.1, -0.05) is 0 Å². The lowest BCUT2D eigenvalue weighted by Gasteiger charge is -2.22. The monoisotopic (exact) mass is 344 g/mol. The maximum atomic E-state index is 13.1. The Balaban J connectivity index is 1.82. The first-order valence-electron chi connectivity index (χ1n) is 8.40. The fourth-order valence-corrected chi connectivity index (χ4v) is 2.98. The number of aryl methyl sites for hydroxylation is 1. The summed E-state index contributed by atoms with van der Waals surface area (Å²) in [6.07, 6.45) is 3.42. The topological polar surface area (TPSA) is 60.3 Å². The average molecular weight is 344 g/mol. The Labute approximate surface area is 145 Å². The summed E-state index contributed by atoms with van der Waals surface area (Å²) in [6, 6.07) is 7.30. The smallest absolute Gasteiger partial charge is 0.268 e. The molecule has 1 fully saturated rings. The van der Waals surface area contributed by atoms with Crippen LogP contribution in [0.2, 0.25) is 0 Å². The van der Waals surface area contributed by atoms with Gasteiger partial charge in [0.15, 0.2) is 0 Å². The molecule has 6 heteroatoms. The number of nitrogens with one attached hydrogen (secondary N) is 1. The Morgan fingerprint density at radius 2 is 1.92 bits per heavy atom. The number of hydrogen-bond acceptors (Lipinski definition) is 3. The molecule has 0 spiro atoms. The lowest BCUT2D eigenvalue weighted by molar-refractivity contribution is 0.0642. The molecular weight excluding hydrogens is 323 g/mol. The molecule has 132 valence electrons. The zero-order valence-corrected chi connectivity index (χ0v) is 14.1. The van der Waals surface area contributed by atoms with Crippen LogP contribution < -0.4 is 10.9 Å². The molecule has 5 nitrogen and oxygen atoms in total. The highest BCUT2D eigenvalue weighted by atomic mass is 19.1. The number of carbonyl (C=O) groups excluding carboxylic acids is 1. The molecule has 1 aromatic heterocycles. The normalized spacial score (nSPS) is 15.1. The Morgan fingerprint density at radius 1 is 1.24 bits per heavy atom. The zero-order chi connectivity index (χ0) is 17.8. The van der Waals surface area contributed by atoms with E-state index in [9.17, 15) is 14.0 Å². The van der Waals surface area contributed by atoms with Crippen LogP contribution in [0.3, 0.4) is 0 Å². The van der Waals surface area contributed by atoms with Gasteiger partial charge in [-0.25, -0.2) is 4.39 Å². The summed E-state index contributed by atoms with van der Waals surface area (Å²) >= 11 is 0. The second-order valence-corrected chi connectivity index (χ2v) is 6.29. The van der Waals surface area contributed by atoms with E-state index in [4.69, 9.17) is 4.74 Å². The molecule has 2 heterocycles. The fourth-order valence-electron chi connectivity index (χ4n) is 2.98. The summed E-state index contributed by atoms with van der Waals surface area (Å²) < 4.78 is 19.8. The maximum absolute atomic E-state index is 13.1. The van der Waals surface area contributed by atoms with Gasteiger partial charge in [-0.2, -0.15) is 0 Å². The zero-order valence-electron chi connectivity index (χ0n) is 14.1. The first kappa shape index (κ1) is 17.4. The first-order valence-corrected chi connectivity index (χ1v) is 8.40. The molecular formula is C19H21FN2O3. The second-order valence-electron chi connectivity index (χ2n) is 6.29. The van der Waals surface area contributed by atoms with Crippen LogP contribution in [0.1, 0.15) is 28.8 Å². The lowest BCUT2D eigenvalue weighted by atomic mass is 10.0. The highest BCUT2D eigenvalue weighted by Crippen LogP contribution is 2.14. The van der Waals surface area contributed by atoms with Gasteiger partial charge in [-0.05, 0) is 61.6 Å². The van der Waals surface area contributed by atoms with Crippen LogP contribution in [-0.2, 0) is 4.74 Å². The van der Waals surface area contributed by atoms with E-state index in [0.717, 1.165) is 12.8 Å². The van der Waals surface area contributed by atoms with Crippen LogP contribution in [0.4, 0.5) is 4.39 Å². The SMILES string of the molecule is Cc1ccn(-c2ccc(F)cc2)c(=O)c1C(=O)NCC1CCOCC1. The van der Waals surface area contributed by atoms with Crippen molar-refractivity contribution >= 4 is 5.91 Å². The highest BCUT2D eigenvalue weighted by Gasteiger charge is 2.19. The van der Waals surface area contributed by atoms with Gasteiger partial charge in [0.1, 0.15) is 11.4 Å². The molecule has 1 N–H and O–H groups in total. The molecule has 0 bridgehead atoms. The standard InChI is InChI=1S/C19H21FN2O3/c1-13-6-9-22(16-4-2-15(20)3-5-16)19(24)17(13)18(23)21-12-14-7-10-25-11-8-14/h2-6,9,14H,7-8,10-12H2,1H3,(H,21,23). The molecule has 0 aliphatic carbocycles. The van der Waals surface area contributed by atoms with Crippen molar-refractivity contribution in [2.75, 3.05) is 19.8 Å². The minimum atomic E-state index is -0.406. The van der Waals surface area contributed by atoms with Gasteiger partial charge in [0.25, 0.3) is 11.5 Å². The maximum Gasteiger partial charge on any atom is 0.268 e. The second kappa shape index (κ2) is 7.61. The average Bonchev–Trinajstić information content (AvgIpc) is 2.62. The summed E-state index contributed by atoms with van der Waals surface area (Å²) in [7, 11) is 0. The number of benzene rings is 1. The number of rotatable bonds is 4. The minimum absolute atomic E-state index is 0.124. The lowest BCUT2D eigenvalue weighted by Crippen LogP contribution is -2.37. The largest absolute Gasteiger partial charge is 0.381 e. The third-order valence-electron chi connectivity index (χ3n) is 4.52. The van der Waals surface area contributed by atoms with E-state index >= 15 is 0 Å². The van der Waals surface area contributed by atoms with E-state index in [0.29, 0.717) is 36.9 Å². The molecule has 0 atom stereocenters. The van der Waals surface area contributed by atoms with Crippen molar-refractivity contribution in [1.29, 1.82) is 0 Å². The Bertz CT molecular complexity index is 808. The number of carbonyl (C=O) groups is 1. The third kappa shape index (κ3) is 3.96. The summed E-state index contributed by atoms with van der Waals surface area (Å²) in [4.78, 5) is 25.3. The van der Waals surface area contributed by atoms with E-state index in [-0.39, 0.29) is 17.3 Å². The predicted molar refractivity (Wildman–Crippen MR) is 92.6 cm³/mol. The van der Waals surface area contributed by atoms with Crippen molar-refractivity contribution in [3.05, 3.63) is 63.8 Å². The van der Waals surface area contributed by atoms with Gasteiger partial charge < -0.3 is 10.1 Å². The summed E-state index contributed by atoms with van der Waals surface area (Å²) in [5, 5.41) is 2.87. The number of aromatic nitrogens is 1. The molecule has 3 rings (SSSR count). The predicted octanol–water partition coefficient (Wildman–Crippen LogP) is 2.44. The van der Waals surface area contributed by atoms with Gasteiger partial charge in [0.05, 0.1) is 0 Å². The molecule has 1 aliphatic heterocycles. The number of hydrogen-bond donors (Lipinski definition) is 1. The number of halogens is 1. The van der Waals surface area contributed by atoms with Crippen molar-refractivity contribution < 1.29 is 13.9 Å². The summed E-state index contributed by atoms with van der Waals surface area (Å²) in [6.45, 7) is 3.69. The Hall–Kier alpha value is -2.47. The van der Waals surface area contributed by atoms with Crippen molar-refractivity contribution in [3.8, 4) is 5.69 Å². The number of amides is 1. The number of nitrogens with zero attached hydrogens (tertiary/aromatic N) is 1. The third-order valence-corrected chi connectivity index (χ3v) is 4.52. The van der Waals surface area contributed by atoms with Crippen LogP contribution in [-0.4, -0.2) is 30.2 Å². The summed E-state index contributed by atoms with van der Waals surface area (Å²) in [5.74, 6) is -0.371. The van der Waals surface area contributed by atoms with Crippen molar-refractivity contribution in [3.63, 3.8) is 0 Å². The van der Waals surface area contributed by atoms with Gasteiger partial charge in [-0.15, -0.1) is 0 Å². The highest BCUT2D eigenvalue weighted by molar-refractivity contribution is 5.95. The molecule has 0 radical (unpaired) electrons. The molecule has 1 aromatic carbocycles. The van der Waals surface area contributed by atoms with E-state index in [2.05, 4.69) is 5.32 Å². The van der Waals surface area contributed by atoms with Gasteiger partial charge in [0.2, 0.25) is 0 Å². The van der Waals surface area contributed by atoms with Gasteiger partial charge in [-0.3, -0.25) is 14.2 Å². The van der Waals surface area contributed by atoms with Gasteiger partial charge in [0, 0.05) is 31.6 Å². The molecule has 1 aliphatic rings. The Morgan fingerprint density at radius 3 is 2.60 bits per heavy atom. The molecule has 1 amide bonds. The van der Waals surface area contributed by atoms with Crippen LogP contribution in [0, 0.1) is 18.7 Å². The van der Waals surface area contributed by atoms with Crippen molar-refractivity contribution in [1.82, 2.24) is 9.88 Å². The van der Waals surface area contributed by atoms with Gasteiger partial charge >= 0.3 is 0 Å². The fraction of sp³-hybridized carbons (Fsp3) is 0.368. The van der Waals surface area contributed by atoms with Crippen molar-refractivity contribution in [2.24, 2.45) is 5.92 Å². The molecule has 2 aromatic rings. The molecule has 0 unspecified atom stereocenters. The van der Waals surface area contributed by atoms with Crippen LogP contribution in [0.15, 0.2) is 41.3 Å². The number of ether oxygens (including phenoxy) is 1. The molecule has 0 saturated carbocycles. The molecule has 25 heavy (non-hydrogen) atoms. The van der Waals surface area contributed by atoms with Crippen molar-refractivity contribution in [2.45, 2.75) is 19.8 Å². The quantitative estimate of drug-likeness (QED) is 0.927. The minimum Gasteiger partial charge on any atom is -0.381 e. The Kier molecular flexibility index (Phi) is 5.28. The van der Waals surface area contributed by atoms with E-state index in [1.54, 1.807) is 19.2 Å². The van der Waals surface area contributed by atoms with Crippen LogP contribution >= 0.6 is 0 Å². The molecule has 1 saturated heterocycles. The van der Waals surface area contributed by atoms with E-state index in [1.165, 1.54) is 28.8 Å². The van der Waals surface area contributed by atoms with Crippen LogP contribution in [0.5, 0.6) is 0 Å². The van der Waals surface area contributed by atoms with E-state index < -0.39 is 5.56 Å². The number of pyridine rings is 1. The van der Waals surface area contributed by atoms with E-state index in [1.807, 2.05) is 0 Å². The first-order chi connectivity index (χ1) is 12.1. The van der Waals surface area contributed by atoms with Crippen LogP contribution in [0.25, 0.3) is 5.69 Å².